The molecule has 0 amide bonds. The van der Waals surface area contributed by atoms with Crippen molar-refractivity contribution < 1.29 is 39.6 Å². The van der Waals surface area contributed by atoms with Crippen LogP contribution in [0.3, 0.4) is 0 Å². The largest absolute Gasteiger partial charge is 0.481 e. The lowest BCUT2D eigenvalue weighted by molar-refractivity contribution is -0.138. The summed E-state index contributed by atoms with van der Waals surface area (Å²) in [6.45, 7) is 31.3. The van der Waals surface area contributed by atoms with E-state index < -0.39 is 23.9 Å². The summed E-state index contributed by atoms with van der Waals surface area (Å²) in [6, 6.07) is 25.3. The van der Waals surface area contributed by atoms with Gasteiger partial charge in [-0.2, -0.15) is 40.9 Å². The minimum absolute atomic E-state index is 0.104. The molecule has 0 saturated carbocycles. The van der Waals surface area contributed by atoms with Crippen molar-refractivity contribution in [1.82, 2.24) is 98.6 Å². The number of aliphatic carboxylic acids is 4. The van der Waals surface area contributed by atoms with Crippen molar-refractivity contribution >= 4 is 185 Å². The number of hydrogen-bond acceptors (Lipinski definition) is 26. The number of carbonyl (C=O) groups is 4. The first kappa shape index (κ1) is 107. The maximum Gasteiger partial charge on any atom is 0.303 e. The molecular formula is C104H122Cl8N26O8. The molecule has 34 nitrogen and oxygen atoms in total. The third kappa shape index (κ3) is 25.0. The molecule has 12 aromatic rings. The zero-order valence-electron chi connectivity index (χ0n) is 82.7. The number of anilines is 4. The molecule has 16 heterocycles. The number of nitriles is 2. The number of aryl methyl sites for hydroxylation is 2. The number of halogens is 8. The predicted octanol–water partition coefficient (Wildman–Crippen LogP) is 19.4. The van der Waals surface area contributed by atoms with Crippen LogP contribution in [0.15, 0.2) is 97.6 Å². The lowest BCUT2D eigenvalue weighted by Gasteiger charge is -2.47. The van der Waals surface area contributed by atoms with Crippen LogP contribution in [0.5, 0.6) is 0 Å². The van der Waals surface area contributed by atoms with Gasteiger partial charge in [0.25, 0.3) is 0 Å². The highest BCUT2D eigenvalue weighted by atomic mass is 35.5. The molecule has 0 unspecified atom stereocenters. The number of nitrogens with zero attached hydrogens (tertiary/aromatic N) is 26. The molecule has 8 fully saturated rings. The Balaban J connectivity index is 0.000000133. The van der Waals surface area contributed by atoms with E-state index in [1.54, 1.807) is 58.2 Å². The van der Waals surface area contributed by atoms with Gasteiger partial charge in [0.05, 0.1) is 58.7 Å². The molecule has 8 atom stereocenters. The van der Waals surface area contributed by atoms with Crippen LogP contribution >= 0.6 is 92.8 Å². The van der Waals surface area contributed by atoms with Gasteiger partial charge in [0.2, 0.25) is 11.9 Å². The molecule has 4 N–H and O–H groups in total. The SMILES string of the molecule is C[C@H](c1ccc(Cl)cc1Cl)n1nc(C#N)c2ncc(N3CC([C@@H]4CCCN(CCCC(=O)O)C4)C3)nc21.C[C@H](c1ccc(Cl)cc1Cl)n1nc(C#N)c2ncc(N3CC([C@H]4CCCN(CCCC(=O)O)C4)C3)nc21.Cc1nn([C@H](C)c2ccc(Cl)cc2Cl)c2nc(N3CC([C@@H]4CCCN(CCCC(=O)O)C4)C3)ncc12.Cc1nn([C@H](C)c2ccc(Cl)cc2Cl)c2nc(N3CC([C@H]4CCCN(CCCC(=O)O)C4)C3)ncc12. The molecule has 42 heteroatoms. The van der Waals surface area contributed by atoms with Crippen LogP contribution in [-0.2, 0) is 19.2 Å². The summed E-state index contributed by atoms with van der Waals surface area (Å²) in [5, 5.41) is 79.9. The minimum Gasteiger partial charge on any atom is -0.481 e. The first-order chi connectivity index (χ1) is 70.3. The van der Waals surface area contributed by atoms with E-state index in [-0.39, 0.29) is 61.2 Å². The fourth-order valence-electron chi connectivity index (χ4n) is 22.1. The van der Waals surface area contributed by atoms with Gasteiger partial charge < -0.3 is 59.6 Å². The molecular weight excluding hydrogens is 2020 g/mol. The predicted molar refractivity (Wildman–Crippen MR) is 568 cm³/mol. The average Bonchev–Trinajstić information content (AvgIpc) is 1.61. The molecule has 8 saturated heterocycles. The minimum atomic E-state index is -0.727. The van der Waals surface area contributed by atoms with Gasteiger partial charge in [-0.1, -0.05) is 117 Å². The number of carboxylic acids is 4. The molecule has 8 aromatic heterocycles. The molecule has 20 rings (SSSR count). The van der Waals surface area contributed by atoms with Crippen molar-refractivity contribution in [3.8, 4) is 12.1 Å². The van der Waals surface area contributed by atoms with Gasteiger partial charge in [-0.25, -0.2) is 48.6 Å². The second-order valence-corrected chi connectivity index (χ2v) is 43.7. The third-order valence-electron chi connectivity index (χ3n) is 30.5. The summed E-state index contributed by atoms with van der Waals surface area (Å²) < 4.78 is 7.29. The summed E-state index contributed by atoms with van der Waals surface area (Å²) in [5.41, 5.74) is 9.48. The van der Waals surface area contributed by atoms with E-state index in [4.69, 9.17) is 143 Å². The Morgan fingerprint density at radius 2 is 0.616 bits per heavy atom. The smallest absolute Gasteiger partial charge is 0.303 e. The highest BCUT2D eigenvalue weighted by molar-refractivity contribution is 6.37. The Bertz CT molecular complexity index is 6410. The number of hydrogen-bond donors (Lipinski definition) is 4. The Labute approximate surface area is 888 Å². The van der Waals surface area contributed by atoms with Gasteiger partial charge in [-0.05, 0) is 289 Å². The summed E-state index contributed by atoms with van der Waals surface area (Å²) in [6.07, 6.45) is 20.6. The summed E-state index contributed by atoms with van der Waals surface area (Å²) in [5.74, 6) is 5.03. The number of fused-ring (bicyclic) bond motifs is 4. The Morgan fingerprint density at radius 1 is 0.349 bits per heavy atom. The quantitative estimate of drug-likeness (QED) is 0.0304. The van der Waals surface area contributed by atoms with Crippen LogP contribution in [0.1, 0.15) is 200 Å². The summed E-state index contributed by atoms with van der Waals surface area (Å²) in [4.78, 5) is 100. The van der Waals surface area contributed by atoms with E-state index in [1.165, 1.54) is 38.5 Å². The van der Waals surface area contributed by atoms with Gasteiger partial charge >= 0.3 is 23.9 Å². The Morgan fingerprint density at radius 3 is 0.877 bits per heavy atom. The highest BCUT2D eigenvalue weighted by Gasteiger charge is 2.43. The maximum absolute atomic E-state index is 10.8. The molecule has 0 aliphatic carbocycles. The van der Waals surface area contributed by atoms with Gasteiger partial charge in [0.1, 0.15) is 34.8 Å². The number of piperidine rings is 4. The number of carboxylic acid groups (broad SMARTS) is 4. The Hall–Kier alpha value is -10.7. The number of aromatic nitrogens is 16. The zero-order valence-corrected chi connectivity index (χ0v) is 88.7. The second kappa shape index (κ2) is 47.9. The fraction of sp³-hybridized carbons (Fsp3) is 0.519. The van der Waals surface area contributed by atoms with Crippen molar-refractivity contribution in [2.24, 2.45) is 47.3 Å². The monoisotopic (exact) mass is 2140 g/mol. The summed E-state index contributed by atoms with van der Waals surface area (Å²) >= 11 is 50.2. The molecule has 772 valence electrons. The lowest BCUT2D eigenvalue weighted by atomic mass is 9.80. The molecule has 0 radical (unpaired) electrons. The summed E-state index contributed by atoms with van der Waals surface area (Å²) in [7, 11) is 0. The Kier molecular flexibility index (Phi) is 34.9. The van der Waals surface area contributed by atoms with E-state index in [0.29, 0.717) is 123 Å². The van der Waals surface area contributed by atoms with Crippen LogP contribution in [0.2, 0.25) is 40.2 Å². The van der Waals surface area contributed by atoms with Crippen molar-refractivity contribution in [3.63, 3.8) is 0 Å². The van der Waals surface area contributed by atoms with Crippen LogP contribution in [0.25, 0.3) is 44.4 Å². The van der Waals surface area contributed by atoms with E-state index >= 15 is 0 Å². The van der Waals surface area contributed by atoms with Crippen LogP contribution < -0.4 is 19.6 Å². The molecule has 8 aliphatic heterocycles. The van der Waals surface area contributed by atoms with E-state index in [0.717, 1.165) is 236 Å². The van der Waals surface area contributed by atoms with Crippen molar-refractivity contribution in [3.05, 3.63) is 183 Å². The molecule has 8 aliphatic rings. The van der Waals surface area contributed by atoms with E-state index in [1.807, 2.05) is 85.9 Å². The van der Waals surface area contributed by atoms with Crippen LogP contribution in [0, 0.1) is 83.9 Å². The van der Waals surface area contributed by atoms with Crippen molar-refractivity contribution in [1.29, 1.82) is 10.5 Å². The highest BCUT2D eigenvalue weighted by Crippen LogP contribution is 2.43. The average molecular weight is 2150 g/mol. The molecule has 0 bridgehead atoms. The number of benzene rings is 4. The number of rotatable bonds is 32. The first-order valence-corrected chi connectivity index (χ1v) is 53.6. The van der Waals surface area contributed by atoms with Gasteiger partial charge in [-0.15, -0.1) is 0 Å². The first-order valence-electron chi connectivity index (χ1n) is 50.6. The van der Waals surface area contributed by atoms with Crippen LogP contribution in [0.4, 0.5) is 23.5 Å². The topological polar surface area (TPSA) is 397 Å². The third-order valence-corrected chi connectivity index (χ3v) is 32.7. The molecule has 146 heavy (non-hydrogen) atoms. The van der Waals surface area contributed by atoms with Gasteiger partial charge in [0.15, 0.2) is 34.0 Å². The van der Waals surface area contributed by atoms with Crippen molar-refractivity contribution in [2.45, 2.75) is 168 Å². The van der Waals surface area contributed by atoms with Crippen molar-refractivity contribution in [2.75, 3.05) is 150 Å². The van der Waals surface area contributed by atoms with E-state index in [9.17, 15) is 29.7 Å². The lowest BCUT2D eigenvalue weighted by Crippen LogP contribution is -2.54. The standard InChI is InChI=1S/2C26H29Cl2N7O2.2C26H32Cl2N6O2/c2*1-16(20-7-6-19(27)10-21(20)28)35-26-25(22(11-29)32-35)30-12-23(31-26)34-14-18(15-34)17-4-2-8-33(13-17)9-3-5-24(36)37;2*1-16-22-12-29-26(30-25(22)34(31-16)17(2)21-8-7-20(27)11-23(21)28)33-14-19(15-33)18-5-3-9-32(13-18)10-4-6-24(35)36/h2*6-7,10,12,16-18H,2-5,8-9,13-15H2,1H3,(H,36,37);2*7-8,11-12,17-19H,3-6,9-10,13-15H2,1-2H3,(H,35,36)/t16-,17+;16-,17-;17-,18+;17-,18-/m1111/s1. The van der Waals surface area contributed by atoms with Gasteiger partial charge in [0, 0.05) is 157 Å². The molecule has 0 spiro atoms. The molecule has 4 aromatic carbocycles. The number of likely N-dealkylation sites (tertiary alicyclic amines) is 4. The zero-order chi connectivity index (χ0) is 103. The maximum atomic E-state index is 10.8. The van der Waals surface area contributed by atoms with E-state index in [2.05, 4.69) is 95.3 Å². The van der Waals surface area contributed by atoms with Crippen LogP contribution in [-0.4, -0.2) is 274 Å². The fourth-order valence-corrected chi connectivity index (χ4v) is 24.4. The van der Waals surface area contributed by atoms with Gasteiger partial charge in [-0.3, -0.25) is 19.2 Å². The normalized spacial score (nSPS) is 19.8. The second-order valence-electron chi connectivity index (χ2n) is 40.3.